The third kappa shape index (κ3) is 5.01. The maximum atomic E-state index is 12.2. The van der Waals surface area contributed by atoms with Crippen LogP contribution in [0.4, 0.5) is 4.79 Å². The van der Waals surface area contributed by atoms with Crippen LogP contribution in [-0.4, -0.2) is 17.7 Å². The summed E-state index contributed by atoms with van der Waals surface area (Å²) in [4.78, 5) is 12.2. The summed E-state index contributed by atoms with van der Waals surface area (Å²) in [6.45, 7) is 7.66. The van der Waals surface area contributed by atoms with Gasteiger partial charge in [-0.1, -0.05) is 53.5 Å². The molecule has 0 bridgehead atoms. The zero-order valence-corrected chi connectivity index (χ0v) is 18.3. The number of hydrogen-bond acceptors (Lipinski definition) is 2. The number of carbonyl (C=O) groups is 1. The Morgan fingerprint density at radius 3 is 2.54 bits per heavy atom. The van der Waals surface area contributed by atoms with Crippen molar-refractivity contribution in [2.24, 2.45) is 5.92 Å². The molecular formula is C23H27Cl2NO2. The van der Waals surface area contributed by atoms with Gasteiger partial charge in [-0.2, -0.15) is 0 Å². The average Bonchev–Trinajstić information content (AvgIpc) is 2.61. The quantitative estimate of drug-likeness (QED) is 0.608. The number of nitrogens with one attached hydrogen (secondary N) is 1. The molecule has 3 atom stereocenters. The van der Waals surface area contributed by atoms with Crippen LogP contribution in [0.5, 0.6) is 0 Å². The van der Waals surface area contributed by atoms with Crippen molar-refractivity contribution in [3.8, 4) is 0 Å². The first-order valence-corrected chi connectivity index (χ1v) is 10.4. The minimum atomic E-state index is -0.508. The zero-order valence-electron chi connectivity index (χ0n) is 16.8. The molecule has 5 heteroatoms. The summed E-state index contributed by atoms with van der Waals surface area (Å²) in [6, 6.07) is 14.4. The first-order chi connectivity index (χ1) is 13.1. The minimum Gasteiger partial charge on any atom is -0.444 e. The van der Waals surface area contributed by atoms with E-state index in [4.69, 9.17) is 27.9 Å². The molecule has 0 radical (unpaired) electrons. The number of halogens is 2. The van der Waals surface area contributed by atoms with Crippen LogP contribution >= 0.6 is 23.2 Å². The van der Waals surface area contributed by atoms with Gasteiger partial charge in [0.05, 0.1) is 10.0 Å². The maximum absolute atomic E-state index is 12.2. The Hall–Kier alpha value is -1.71. The van der Waals surface area contributed by atoms with Gasteiger partial charge in [0.2, 0.25) is 0 Å². The van der Waals surface area contributed by atoms with Crippen LogP contribution in [0.3, 0.4) is 0 Å². The summed E-state index contributed by atoms with van der Waals surface area (Å²) in [5, 5.41) is 4.15. The van der Waals surface area contributed by atoms with E-state index in [2.05, 4.69) is 36.5 Å². The van der Waals surface area contributed by atoms with Crippen LogP contribution in [0.25, 0.3) is 0 Å². The fourth-order valence-electron chi connectivity index (χ4n) is 3.89. The normalized spacial score (nSPS) is 20.2. The Labute approximate surface area is 177 Å². The molecule has 1 aliphatic carbocycles. The Bertz CT molecular complexity index is 860. The van der Waals surface area contributed by atoms with Crippen molar-refractivity contribution in [1.29, 1.82) is 0 Å². The molecule has 0 aromatic heterocycles. The molecular weight excluding hydrogens is 393 g/mol. The smallest absolute Gasteiger partial charge is 0.407 e. The van der Waals surface area contributed by atoms with Crippen LogP contribution in [0, 0.1) is 5.92 Å². The van der Waals surface area contributed by atoms with Crippen molar-refractivity contribution in [3.05, 3.63) is 69.2 Å². The minimum absolute atomic E-state index is 0.00604. The standard InChI is InChI=1S/C23H27Cl2NO2/c1-14(26-22(27)28-23(2,3)4)17-11-15-7-5-6-8-18(15)19(12-17)16-9-10-20(24)21(25)13-16/h5-10,13-14,17,19H,11-12H2,1-4H3,(H,26,27). The maximum Gasteiger partial charge on any atom is 0.407 e. The van der Waals surface area contributed by atoms with Crippen molar-refractivity contribution >= 4 is 29.3 Å². The second-order valence-electron chi connectivity index (χ2n) is 8.56. The van der Waals surface area contributed by atoms with E-state index in [9.17, 15) is 4.79 Å². The second-order valence-corrected chi connectivity index (χ2v) is 9.37. The van der Waals surface area contributed by atoms with E-state index in [1.807, 2.05) is 39.0 Å². The predicted octanol–water partition coefficient (Wildman–Crippen LogP) is 6.60. The van der Waals surface area contributed by atoms with Gasteiger partial charge in [0.15, 0.2) is 0 Å². The first kappa shape index (κ1) is 21.0. The van der Waals surface area contributed by atoms with Gasteiger partial charge >= 0.3 is 6.09 Å². The number of benzene rings is 2. The van der Waals surface area contributed by atoms with Crippen molar-refractivity contribution in [1.82, 2.24) is 5.32 Å². The summed E-state index contributed by atoms with van der Waals surface area (Å²) in [7, 11) is 0. The highest BCUT2D eigenvalue weighted by Gasteiger charge is 2.32. The highest BCUT2D eigenvalue weighted by atomic mass is 35.5. The van der Waals surface area contributed by atoms with Gasteiger partial charge in [0.25, 0.3) is 0 Å². The van der Waals surface area contributed by atoms with Gasteiger partial charge in [-0.15, -0.1) is 0 Å². The molecule has 2 aromatic carbocycles. The van der Waals surface area contributed by atoms with E-state index in [-0.39, 0.29) is 18.1 Å². The van der Waals surface area contributed by atoms with Crippen molar-refractivity contribution < 1.29 is 9.53 Å². The molecule has 0 saturated carbocycles. The molecule has 0 saturated heterocycles. The van der Waals surface area contributed by atoms with E-state index < -0.39 is 5.60 Å². The van der Waals surface area contributed by atoms with Gasteiger partial charge in [-0.05, 0) is 75.3 Å². The van der Waals surface area contributed by atoms with Gasteiger partial charge in [0, 0.05) is 12.0 Å². The van der Waals surface area contributed by atoms with Crippen LogP contribution in [0.15, 0.2) is 42.5 Å². The topological polar surface area (TPSA) is 38.3 Å². The lowest BCUT2D eigenvalue weighted by Gasteiger charge is -2.35. The second kappa shape index (κ2) is 8.34. The summed E-state index contributed by atoms with van der Waals surface area (Å²) in [5.74, 6) is 0.509. The zero-order chi connectivity index (χ0) is 20.5. The Kier molecular flexibility index (Phi) is 6.26. The van der Waals surface area contributed by atoms with Gasteiger partial charge < -0.3 is 10.1 Å². The molecule has 1 N–H and O–H groups in total. The molecule has 3 nitrogen and oxygen atoms in total. The number of alkyl carbamates (subject to hydrolysis) is 1. The van der Waals surface area contributed by atoms with Crippen LogP contribution in [-0.2, 0) is 11.2 Å². The summed E-state index contributed by atoms with van der Waals surface area (Å²) in [6.07, 6.45) is 1.47. The van der Waals surface area contributed by atoms with Crippen molar-refractivity contribution in [3.63, 3.8) is 0 Å². The molecule has 1 aliphatic rings. The monoisotopic (exact) mass is 419 g/mol. The Morgan fingerprint density at radius 2 is 1.86 bits per heavy atom. The number of ether oxygens (including phenoxy) is 1. The third-order valence-electron chi connectivity index (χ3n) is 5.25. The predicted molar refractivity (Wildman–Crippen MR) is 115 cm³/mol. The van der Waals surface area contributed by atoms with E-state index in [0.29, 0.717) is 16.0 Å². The molecule has 1 amide bonds. The molecule has 3 unspecified atom stereocenters. The van der Waals surface area contributed by atoms with E-state index in [1.165, 1.54) is 11.1 Å². The highest BCUT2D eigenvalue weighted by molar-refractivity contribution is 6.42. The summed E-state index contributed by atoms with van der Waals surface area (Å²) in [5.41, 5.74) is 3.27. The first-order valence-electron chi connectivity index (χ1n) is 9.66. The lowest BCUT2D eigenvalue weighted by molar-refractivity contribution is 0.0488. The molecule has 3 rings (SSSR count). The fourth-order valence-corrected chi connectivity index (χ4v) is 4.20. The van der Waals surface area contributed by atoms with Crippen LogP contribution < -0.4 is 5.32 Å². The lowest BCUT2D eigenvalue weighted by Crippen LogP contribution is -2.43. The Balaban J connectivity index is 1.84. The van der Waals surface area contributed by atoms with Crippen molar-refractivity contribution in [2.75, 3.05) is 0 Å². The molecule has 0 fully saturated rings. The number of fused-ring (bicyclic) bond motifs is 1. The van der Waals surface area contributed by atoms with Crippen molar-refractivity contribution in [2.45, 2.75) is 58.1 Å². The number of rotatable bonds is 3. The average molecular weight is 420 g/mol. The fraction of sp³-hybridized carbons (Fsp3) is 0.435. The number of amides is 1. The van der Waals surface area contributed by atoms with Gasteiger partial charge in [0.1, 0.15) is 5.60 Å². The lowest BCUT2D eigenvalue weighted by atomic mass is 9.72. The van der Waals surface area contributed by atoms with Gasteiger partial charge in [-0.25, -0.2) is 4.79 Å². The van der Waals surface area contributed by atoms with Gasteiger partial charge in [-0.3, -0.25) is 0 Å². The van der Waals surface area contributed by atoms with Crippen LogP contribution in [0.2, 0.25) is 10.0 Å². The SMILES string of the molecule is CC(NC(=O)OC(C)(C)C)C1Cc2ccccc2C(c2ccc(Cl)c(Cl)c2)C1. The molecule has 0 heterocycles. The summed E-state index contributed by atoms with van der Waals surface area (Å²) < 4.78 is 5.43. The molecule has 0 aliphatic heterocycles. The summed E-state index contributed by atoms with van der Waals surface area (Å²) >= 11 is 12.4. The molecule has 28 heavy (non-hydrogen) atoms. The van der Waals surface area contributed by atoms with Crippen LogP contribution in [0.1, 0.15) is 56.7 Å². The molecule has 0 spiro atoms. The number of hydrogen-bond donors (Lipinski definition) is 1. The van der Waals surface area contributed by atoms with E-state index >= 15 is 0 Å². The molecule has 2 aromatic rings. The Morgan fingerprint density at radius 1 is 1.14 bits per heavy atom. The molecule has 150 valence electrons. The van der Waals surface area contributed by atoms with E-state index in [1.54, 1.807) is 0 Å². The number of carbonyl (C=O) groups excluding carboxylic acids is 1. The largest absolute Gasteiger partial charge is 0.444 e. The highest BCUT2D eigenvalue weighted by Crippen LogP contribution is 2.41. The third-order valence-corrected chi connectivity index (χ3v) is 5.99. The van der Waals surface area contributed by atoms with E-state index in [0.717, 1.165) is 18.4 Å².